The highest BCUT2D eigenvalue weighted by atomic mass is 79.9. The van der Waals surface area contributed by atoms with Crippen LogP contribution in [0.1, 0.15) is 34.7 Å². The number of halogens is 2. The molecule has 1 aliphatic rings. The number of rotatable bonds is 3. The van der Waals surface area contributed by atoms with Gasteiger partial charge < -0.3 is 14.6 Å². The molecule has 8 heteroatoms. The zero-order chi connectivity index (χ0) is 18.8. The Bertz CT molecular complexity index is 825. The minimum atomic E-state index is -0.125. The molecule has 0 aromatic carbocycles. The lowest BCUT2D eigenvalue weighted by atomic mass is 9.95. The molecule has 3 rings (SSSR count). The van der Waals surface area contributed by atoms with Crippen LogP contribution in [0, 0.1) is 19.8 Å². The van der Waals surface area contributed by atoms with Crippen molar-refractivity contribution in [3.8, 4) is 0 Å². The number of piperidine rings is 1. The summed E-state index contributed by atoms with van der Waals surface area (Å²) in [7, 11) is 0. The average molecular weight is 485 g/mol. The Morgan fingerprint density at radius 3 is 2.42 bits per heavy atom. The maximum atomic E-state index is 12.8. The number of pyridine rings is 1. The van der Waals surface area contributed by atoms with E-state index in [0.29, 0.717) is 53.3 Å². The Morgan fingerprint density at radius 2 is 1.88 bits per heavy atom. The number of hydrogen-bond donors (Lipinski definition) is 1. The lowest BCUT2D eigenvalue weighted by Gasteiger charge is -2.31. The Morgan fingerprint density at radius 1 is 1.19 bits per heavy atom. The molecule has 1 N–H and O–H groups in total. The van der Waals surface area contributed by atoms with Gasteiger partial charge in [-0.2, -0.15) is 0 Å². The maximum Gasteiger partial charge on any atom is 0.258 e. The molecule has 2 amide bonds. The summed E-state index contributed by atoms with van der Waals surface area (Å²) in [5, 5.41) is 2.84. The molecule has 0 bridgehead atoms. The largest absolute Gasteiger partial charge is 0.465 e. The van der Waals surface area contributed by atoms with Crippen LogP contribution in [0.2, 0.25) is 0 Å². The van der Waals surface area contributed by atoms with Gasteiger partial charge >= 0.3 is 0 Å². The minimum Gasteiger partial charge on any atom is -0.465 e. The fourth-order valence-electron chi connectivity index (χ4n) is 3.08. The van der Waals surface area contributed by atoms with E-state index in [1.807, 2.05) is 13.0 Å². The lowest BCUT2D eigenvalue weighted by Crippen LogP contribution is -2.41. The van der Waals surface area contributed by atoms with Gasteiger partial charge in [0.05, 0.1) is 10.0 Å². The van der Waals surface area contributed by atoms with E-state index in [2.05, 4.69) is 42.2 Å². The van der Waals surface area contributed by atoms with Gasteiger partial charge in [0.25, 0.3) is 5.91 Å². The first-order valence-electron chi connectivity index (χ1n) is 8.34. The predicted octanol–water partition coefficient (Wildman–Crippen LogP) is 4.31. The highest BCUT2D eigenvalue weighted by molar-refractivity contribution is 9.10. The zero-order valence-electron chi connectivity index (χ0n) is 14.5. The van der Waals surface area contributed by atoms with E-state index in [9.17, 15) is 9.59 Å². The fraction of sp³-hybridized carbons (Fsp3) is 0.389. The third-order valence-corrected chi connectivity index (χ3v) is 5.96. The molecular weight excluding hydrogens is 466 g/mol. The number of nitrogens with zero attached hydrogens (tertiary/aromatic N) is 2. The Kier molecular flexibility index (Phi) is 5.82. The fourth-order valence-corrected chi connectivity index (χ4v) is 3.85. The molecule has 2 aromatic rings. The number of carbonyl (C=O) groups excluding carboxylic acids is 2. The molecule has 1 saturated heterocycles. The van der Waals surface area contributed by atoms with E-state index in [1.165, 1.54) is 0 Å². The van der Waals surface area contributed by atoms with Crippen LogP contribution < -0.4 is 5.32 Å². The van der Waals surface area contributed by atoms with Crippen LogP contribution in [0.5, 0.6) is 0 Å². The summed E-state index contributed by atoms with van der Waals surface area (Å²) in [5.41, 5.74) is 0.574. The average Bonchev–Trinajstić information content (AvgIpc) is 2.88. The summed E-state index contributed by atoms with van der Waals surface area (Å²) in [6.45, 7) is 4.69. The van der Waals surface area contributed by atoms with Crippen molar-refractivity contribution in [2.75, 3.05) is 18.4 Å². The van der Waals surface area contributed by atoms with Crippen molar-refractivity contribution in [3.05, 3.63) is 44.4 Å². The third kappa shape index (κ3) is 4.01. The Balaban J connectivity index is 1.59. The highest BCUT2D eigenvalue weighted by Crippen LogP contribution is 2.30. The minimum absolute atomic E-state index is 0.0524. The summed E-state index contributed by atoms with van der Waals surface area (Å²) >= 11 is 6.75. The molecule has 1 fully saturated rings. The number of likely N-dealkylation sites (tertiary alicyclic amines) is 1. The summed E-state index contributed by atoms with van der Waals surface area (Å²) < 4.78 is 7.09. The Labute approximate surface area is 168 Å². The van der Waals surface area contributed by atoms with Gasteiger partial charge in [0.1, 0.15) is 17.3 Å². The van der Waals surface area contributed by atoms with Crippen molar-refractivity contribution in [1.82, 2.24) is 9.88 Å². The van der Waals surface area contributed by atoms with Crippen LogP contribution in [-0.2, 0) is 4.79 Å². The van der Waals surface area contributed by atoms with E-state index < -0.39 is 0 Å². The van der Waals surface area contributed by atoms with Crippen LogP contribution in [0.4, 0.5) is 5.82 Å². The van der Waals surface area contributed by atoms with Crippen LogP contribution in [0.15, 0.2) is 31.7 Å². The first-order valence-corrected chi connectivity index (χ1v) is 9.92. The number of amides is 2. The second-order valence-corrected chi connectivity index (χ2v) is 8.03. The van der Waals surface area contributed by atoms with Crippen molar-refractivity contribution >= 4 is 49.5 Å². The lowest BCUT2D eigenvalue weighted by molar-refractivity contribution is -0.121. The monoisotopic (exact) mass is 483 g/mol. The molecule has 6 nitrogen and oxygen atoms in total. The zero-order valence-corrected chi connectivity index (χ0v) is 17.7. The summed E-state index contributed by atoms with van der Waals surface area (Å²) in [6.07, 6.45) is 2.90. The van der Waals surface area contributed by atoms with E-state index in [1.54, 1.807) is 24.1 Å². The second kappa shape index (κ2) is 7.92. The van der Waals surface area contributed by atoms with E-state index in [-0.39, 0.29) is 17.7 Å². The molecule has 3 heterocycles. The van der Waals surface area contributed by atoms with Crippen molar-refractivity contribution in [3.63, 3.8) is 0 Å². The highest BCUT2D eigenvalue weighted by Gasteiger charge is 2.30. The molecule has 0 spiro atoms. The predicted molar refractivity (Wildman–Crippen MR) is 105 cm³/mol. The number of aromatic nitrogens is 1. The van der Waals surface area contributed by atoms with Crippen LogP contribution in [-0.4, -0.2) is 34.8 Å². The van der Waals surface area contributed by atoms with E-state index >= 15 is 0 Å². The number of anilines is 1. The quantitative estimate of drug-likeness (QED) is 0.704. The second-order valence-electron chi connectivity index (χ2n) is 6.32. The number of hydrogen-bond acceptors (Lipinski definition) is 4. The van der Waals surface area contributed by atoms with Gasteiger partial charge in [0, 0.05) is 29.7 Å². The van der Waals surface area contributed by atoms with Crippen molar-refractivity contribution in [2.45, 2.75) is 26.7 Å². The summed E-state index contributed by atoms with van der Waals surface area (Å²) in [4.78, 5) is 31.1. The van der Waals surface area contributed by atoms with Crippen molar-refractivity contribution in [1.29, 1.82) is 0 Å². The van der Waals surface area contributed by atoms with Crippen LogP contribution >= 0.6 is 31.9 Å². The molecule has 1 aliphatic heterocycles. The number of furan rings is 1. The third-order valence-electron chi connectivity index (χ3n) is 4.53. The van der Waals surface area contributed by atoms with Crippen LogP contribution in [0.25, 0.3) is 0 Å². The van der Waals surface area contributed by atoms with Crippen molar-refractivity contribution < 1.29 is 14.0 Å². The van der Waals surface area contributed by atoms with Gasteiger partial charge in [0.2, 0.25) is 5.91 Å². The Hall–Kier alpha value is -1.67. The molecule has 0 aliphatic carbocycles. The molecule has 0 radical (unpaired) electrons. The standard InChI is InChI=1S/C18H19Br2N3O3/c1-10-15(16(20)11(2)26-10)18(25)23-7-5-12(6-8-23)17(24)22-14-4-3-13(19)9-21-14/h3-4,9,12H,5-8H2,1-2H3,(H,21,22,24). The topological polar surface area (TPSA) is 75.4 Å². The van der Waals surface area contributed by atoms with E-state index in [4.69, 9.17) is 4.42 Å². The van der Waals surface area contributed by atoms with Crippen molar-refractivity contribution in [2.24, 2.45) is 5.92 Å². The molecule has 0 atom stereocenters. The van der Waals surface area contributed by atoms with Gasteiger partial charge in [-0.05, 0) is 70.7 Å². The molecule has 0 saturated carbocycles. The molecule has 0 unspecified atom stereocenters. The van der Waals surface area contributed by atoms with Gasteiger partial charge in [-0.1, -0.05) is 0 Å². The van der Waals surface area contributed by atoms with Crippen LogP contribution in [0.3, 0.4) is 0 Å². The molecule has 26 heavy (non-hydrogen) atoms. The normalized spacial score (nSPS) is 15.2. The van der Waals surface area contributed by atoms with Gasteiger partial charge in [-0.15, -0.1) is 0 Å². The smallest absolute Gasteiger partial charge is 0.258 e. The van der Waals surface area contributed by atoms with Gasteiger partial charge in [-0.25, -0.2) is 4.98 Å². The summed E-state index contributed by atoms with van der Waals surface area (Å²) in [5.74, 6) is 1.61. The van der Waals surface area contributed by atoms with E-state index in [0.717, 1.165) is 4.47 Å². The van der Waals surface area contributed by atoms with Gasteiger partial charge in [0.15, 0.2) is 0 Å². The first kappa shape index (κ1) is 19.1. The first-order chi connectivity index (χ1) is 12.4. The number of nitrogens with one attached hydrogen (secondary N) is 1. The number of aryl methyl sites for hydroxylation is 2. The summed E-state index contributed by atoms with van der Waals surface area (Å²) in [6, 6.07) is 3.58. The molecule has 138 valence electrons. The molecular formula is C18H19Br2N3O3. The van der Waals surface area contributed by atoms with Gasteiger partial charge in [-0.3, -0.25) is 9.59 Å². The SMILES string of the molecule is Cc1oc(C)c(C(=O)N2CCC(C(=O)Nc3ccc(Br)cn3)CC2)c1Br. The number of carbonyl (C=O) groups is 2. The molecule has 2 aromatic heterocycles. The maximum absolute atomic E-state index is 12.8.